The van der Waals surface area contributed by atoms with Gasteiger partial charge in [-0.2, -0.15) is 0 Å². The molecule has 0 saturated heterocycles. The average molecular weight is 278 g/mol. The zero-order valence-electron chi connectivity index (χ0n) is 11.4. The molecule has 1 rings (SSSR count). The Morgan fingerprint density at radius 1 is 1.35 bits per heavy atom. The lowest BCUT2D eigenvalue weighted by molar-refractivity contribution is -0.158. The maximum Gasteiger partial charge on any atom is 0.335 e. The predicted molar refractivity (Wildman–Crippen MR) is 73.6 cm³/mol. The molecule has 0 saturated carbocycles. The number of carboxylic acid groups (broad SMARTS) is 1. The predicted octanol–water partition coefficient (Wildman–Crippen LogP) is 3.01. The highest BCUT2D eigenvalue weighted by Gasteiger charge is 2.14. The lowest BCUT2D eigenvalue weighted by Crippen LogP contribution is -2.23. The Morgan fingerprint density at radius 3 is 2.50 bits per heavy atom. The van der Waals surface area contributed by atoms with Gasteiger partial charge in [-0.1, -0.05) is 19.9 Å². The van der Waals surface area contributed by atoms with E-state index in [4.69, 9.17) is 14.6 Å². The van der Waals surface area contributed by atoms with Gasteiger partial charge in [0.2, 0.25) is 6.29 Å². The van der Waals surface area contributed by atoms with E-state index in [0.717, 1.165) is 18.9 Å². The summed E-state index contributed by atoms with van der Waals surface area (Å²) in [5.41, 5.74) is 0.172. The number of aromatic carboxylic acids is 1. The van der Waals surface area contributed by atoms with Crippen LogP contribution in [0, 0.1) is 0 Å². The van der Waals surface area contributed by atoms with Crippen LogP contribution in [-0.4, -0.2) is 23.3 Å². The van der Waals surface area contributed by atoms with Gasteiger partial charge in [0.05, 0.1) is 5.56 Å². The van der Waals surface area contributed by atoms with E-state index in [1.165, 1.54) is 24.3 Å². The first-order chi connectivity index (χ1) is 9.56. The number of hydrogen-bond donors (Lipinski definition) is 1. The van der Waals surface area contributed by atoms with Gasteiger partial charge >= 0.3 is 11.9 Å². The molecule has 1 aromatic carbocycles. The van der Waals surface area contributed by atoms with Crippen LogP contribution in [0.25, 0.3) is 0 Å². The fourth-order valence-corrected chi connectivity index (χ4v) is 1.52. The fraction of sp³-hybridized carbons (Fsp3) is 0.333. The molecular formula is C15H18O5. The van der Waals surface area contributed by atoms with Crippen molar-refractivity contribution in [3.63, 3.8) is 0 Å². The molecule has 1 unspecified atom stereocenters. The molecule has 0 fully saturated rings. The number of hydrogen-bond acceptors (Lipinski definition) is 4. The van der Waals surface area contributed by atoms with E-state index in [1.54, 1.807) is 0 Å². The van der Waals surface area contributed by atoms with Crippen molar-refractivity contribution in [1.82, 2.24) is 0 Å². The Hall–Kier alpha value is -2.30. The van der Waals surface area contributed by atoms with Crippen molar-refractivity contribution in [3.05, 3.63) is 42.5 Å². The number of carboxylic acids is 1. The molecule has 0 aliphatic rings. The summed E-state index contributed by atoms with van der Waals surface area (Å²) in [5.74, 6) is -1.10. The third-order valence-electron chi connectivity index (χ3n) is 2.58. The lowest BCUT2D eigenvalue weighted by Gasteiger charge is -2.18. The van der Waals surface area contributed by atoms with Crippen LogP contribution in [0.2, 0.25) is 0 Å². The molecule has 5 nitrogen and oxygen atoms in total. The number of unbranched alkanes of at least 4 members (excludes halogenated alkanes) is 1. The molecule has 0 aromatic heterocycles. The van der Waals surface area contributed by atoms with E-state index < -0.39 is 18.2 Å². The van der Waals surface area contributed by atoms with Gasteiger partial charge in [0.15, 0.2) is 0 Å². The fourth-order valence-electron chi connectivity index (χ4n) is 1.52. The first-order valence-electron chi connectivity index (χ1n) is 6.40. The van der Waals surface area contributed by atoms with Crippen LogP contribution in [0.5, 0.6) is 5.75 Å². The summed E-state index contributed by atoms with van der Waals surface area (Å²) in [6.45, 7) is 5.36. The second-order valence-corrected chi connectivity index (χ2v) is 4.16. The van der Waals surface area contributed by atoms with Gasteiger partial charge < -0.3 is 14.6 Å². The monoisotopic (exact) mass is 278 g/mol. The first kappa shape index (κ1) is 15.8. The highest BCUT2D eigenvalue weighted by atomic mass is 16.7. The Morgan fingerprint density at radius 2 is 2.00 bits per heavy atom. The molecule has 5 heteroatoms. The quantitative estimate of drug-likeness (QED) is 0.449. The van der Waals surface area contributed by atoms with Crippen molar-refractivity contribution >= 4 is 11.9 Å². The smallest absolute Gasteiger partial charge is 0.335 e. The van der Waals surface area contributed by atoms with Crippen molar-refractivity contribution in [1.29, 1.82) is 0 Å². The lowest BCUT2D eigenvalue weighted by atomic mass is 10.2. The average Bonchev–Trinajstić information content (AvgIpc) is 2.45. The second-order valence-electron chi connectivity index (χ2n) is 4.16. The van der Waals surface area contributed by atoms with Crippen LogP contribution in [-0.2, 0) is 9.53 Å². The Labute approximate surface area is 117 Å². The molecule has 1 N–H and O–H groups in total. The second kappa shape index (κ2) is 7.99. The highest BCUT2D eigenvalue weighted by molar-refractivity contribution is 5.87. The minimum Gasteiger partial charge on any atom is -0.478 e. The summed E-state index contributed by atoms with van der Waals surface area (Å²) >= 11 is 0. The Bertz CT molecular complexity index is 464. The van der Waals surface area contributed by atoms with Crippen molar-refractivity contribution in [2.24, 2.45) is 0 Å². The summed E-state index contributed by atoms with van der Waals surface area (Å²) in [6.07, 6.45) is 2.74. The number of carbonyl (C=O) groups is 2. The topological polar surface area (TPSA) is 72.8 Å². The first-order valence-corrected chi connectivity index (χ1v) is 6.40. The van der Waals surface area contributed by atoms with E-state index in [9.17, 15) is 9.59 Å². The van der Waals surface area contributed by atoms with Crippen molar-refractivity contribution < 1.29 is 24.2 Å². The summed E-state index contributed by atoms with van der Waals surface area (Å²) in [5, 5.41) is 8.80. The van der Waals surface area contributed by atoms with E-state index >= 15 is 0 Å². The molecule has 108 valence electrons. The maximum absolute atomic E-state index is 11.2. The van der Waals surface area contributed by atoms with Crippen molar-refractivity contribution in [3.8, 4) is 5.75 Å². The maximum atomic E-state index is 11.2. The molecule has 0 amide bonds. The van der Waals surface area contributed by atoms with E-state index in [1.807, 2.05) is 6.92 Å². The van der Waals surface area contributed by atoms with Crippen LogP contribution in [0.3, 0.4) is 0 Å². The van der Waals surface area contributed by atoms with Gasteiger partial charge in [0.25, 0.3) is 0 Å². The van der Waals surface area contributed by atoms with E-state index in [-0.39, 0.29) is 5.56 Å². The normalized spacial score (nSPS) is 11.4. The molecule has 1 aromatic rings. The molecule has 0 heterocycles. The SMILES string of the molecule is C=CC(=O)OC(CCCC)Oc1ccc(C(=O)O)cc1. The van der Waals surface area contributed by atoms with Gasteiger partial charge in [0.1, 0.15) is 5.75 Å². The molecule has 0 radical (unpaired) electrons. The molecule has 0 aliphatic heterocycles. The van der Waals surface area contributed by atoms with Crippen LogP contribution >= 0.6 is 0 Å². The summed E-state index contributed by atoms with van der Waals surface area (Å²) in [4.78, 5) is 22.0. The number of esters is 1. The number of carbonyl (C=O) groups excluding carboxylic acids is 1. The van der Waals surface area contributed by atoms with Gasteiger partial charge in [-0.05, 0) is 30.7 Å². The van der Waals surface area contributed by atoms with Crippen LogP contribution < -0.4 is 4.74 Å². The van der Waals surface area contributed by atoms with Gasteiger partial charge in [-0.25, -0.2) is 9.59 Å². The van der Waals surface area contributed by atoms with Crippen LogP contribution in [0.1, 0.15) is 36.5 Å². The largest absolute Gasteiger partial charge is 0.478 e. The highest BCUT2D eigenvalue weighted by Crippen LogP contribution is 2.17. The van der Waals surface area contributed by atoms with Gasteiger partial charge in [-0.3, -0.25) is 0 Å². The number of benzene rings is 1. The zero-order chi connectivity index (χ0) is 15.0. The van der Waals surface area contributed by atoms with E-state index in [2.05, 4.69) is 6.58 Å². The van der Waals surface area contributed by atoms with Crippen molar-refractivity contribution in [2.45, 2.75) is 32.5 Å². The number of ether oxygens (including phenoxy) is 2. The third-order valence-corrected chi connectivity index (χ3v) is 2.58. The molecule has 1 atom stereocenters. The summed E-state index contributed by atoms with van der Waals surface area (Å²) in [7, 11) is 0. The zero-order valence-corrected chi connectivity index (χ0v) is 11.4. The van der Waals surface area contributed by atoms with Gasteiger partial charge in [-0.15, -0.1) is 0 Å². The third kappa shape index (κ3) is 5.14. The molecular weight excluding hydrogens is 260 g/mol. The van der Waals surface area contributed by atoms with Crippen molar-refractivity contribution in [2.75, 3.05) is 0 Å². The molecule has 0 bridgehead atoms. The Kier molecular flexibility index (Phi) is 6.29. The molecule has 0 aliphatic carbocycles. The molecule has 20 heavy (non-hydrogen) atoms. The van der Waals surface area contributed by atoms with Crippen LogP contribution in [0.4, 0.5) is 0 Å². The minimum atomic E-state index is -1.00. The standard InChI is InChI=1S/C15H18O5/c1-3-5-6-14(20-13(16)4-2)19-12-9-7-11(8-10-12)15(17)18/h4,7-10,14H,2-3,5-6H2,1H3,(H,17,18). The molecule has 0 spiro atoms. The number of rotatable bonds is 8. The summed E-state index contributed by atoms with van der Waals surface area (Å²) in [6, 6.07) is 5.93. The van der Waals surface area contributed by atoms with Crippen LogP contribution in [0.15, 0.2) is 36.9 Å². The Balaban J connectivity index is 2.69. The van der Waals surface area contributed by atoms with E-state index in [0.29, 0.717) is 12.2 Å². The summed E-state index contributed by atoms with van der Waals surface area (Å²) < 4.78 is 10.6. The van der Waals surface area contributed by atoms with Gasteiger partial charge in [0, 0.05) is 12.5 Å². The minimum absolute atomic E-state index is 0.172.